The molecule has 0 bridgehead atoms. The lowest BCUT2D eigenvalue weighted by Gasteiger charge is -2.41. The van der Waals surface area contributed by atoms with Crippen LogP contribution in [0, 0.1) is 5.41 Å². The SMILES string of the molecule is CCc1nccn1CCC(=O)N1CCCC(CO)(CC=C(C)C)C1. The molecule has 1 N–H and O–H groups in total. The number of carbonyl (C=O) groups is 1. The van der Waals surface area contributed by atoms with E-state index >= 15 is 0 Å². The molecule has 1 fully saturated rings. The van der Waals surface area contributed by atoms with Crippen molar-refractivity contribution in [2.24, 2.45) is 5.41 Å². The Morgan fingerprint density at radius 2 is 2.25 bits per heavy atom. The summed E-state index contributed by atoms with van der Waals surface area (Å²) < 4.78 is 2.06. The molecule has 2 rings (SSSR count). The Labute approximate surface area is 145 Å². The molecule has 5 heteroatoms. The molecule has 1 aliphatic heterocycles. The highest BCUT2D eigenvalue weighted by Crippen LogP contribution is 2.34. The number of amides is 1. The van der Waals surface area contributed by atoms with Gasteiger partial charge < -0.3 is 14.6 Å². The lowest BCUT2D eigenvalue weighted by atomic mass is 9.77. The maximum absolute atomic E-state index is 12.6. The second kappa shape index (κ2) is 8.47. The molecular weight excluding hydrogens is 302 g/mol. The third kappa shape index (κ3) is 4.69. The second-order valence-electron chi connectivity index (χ2n) is 7.20. The average molecular weight is 333 g/mol. The number of likely N-dealkylation sites (tertiary alicyclic amines) is 1. The summed E-state index contributed by atoms with van der Waals surface area (Å²) in [5.74, 6) is 1.20. The minimum atomic E-state index is -0.172. The Balaban J connectivity index is 1.95. The van der Waals surface area contributed by atoms with E-state index in [0.29, 0.717) is 19.5 Å². The summed E-state index contributed by atoms with van der Waals surface area (Å²) in [5.41, 5.74) is 1.09. The molecule has 1 aromatic rings. The van der Waals surface area contributed by atoms with Crippen LogP contribution in [0.3, 0.4) is 0 Å². The van der Waals surface area contributed by atoms with E-state index in [-0.39, 0.29) is 17.9 Å². The number of piperidine rings is 1. The number of carbonyl (C=O) groups excluding carboxylic acids is 1. The molecule has 0 saturated carbocycles. The highest BCUT2D eigenvalue weighted by molar-refractivity contribution is 5.76. The highest BCUT2D eigenvalue weighted by atomic mass is 16.3. The third-order valence-electron chi connectivity index (χ3n) is 4.98. The molecule has 1 atom stereocenters. The van der Waals surface area contributed by atoms with Gasteiger partial charge >= 0.3 is 0 Å². The first-order chi connectivity index (χ1) is 11.5. The number of imidazole rings is 1. The van der Waals surface area contributed by atoms with Gasteiger partial charge in [0.05, 0.1) is 6.61 Å². The van der Waals surface area contributed by atoms with Crippen molar-refractivity contribution < 1.29 is 9.90 Å². The van der Waals surface area contributed by atoms with Crippen molar-refractivity contribution in [2.75, 3.05) is 19.7 Å². The zero-order chi connectivity index (χ0) is 17.6. The third-order valence-corrected chi connectivity index (χ3v) is 4.98. The molecule has 0 aliphatic carbocycles. The fraction of sp³-hybridized carbons (Fsp3) is 0.684. The zero-order valence-electron chi connectivity index (χ0n) is 15.3. The van der Waals surface area contributed by atoms with Gasteiger partial charge in [0.2, 0.25) is 5.91 Å². The number of aliphatic hydroxyl groups is 1. The molecular formula is C19H31N3O2. The van der Waals surface area contributed by atoms with Gasteiger partial charge in [-0.25, -0.2) is 4.98 Å². The molecule has 1 amide bonds. The summed E-state index contributed by atoms with van der Waals surface area (Å²) in [7, 11) is 0. The molecule has 1 saturated heterocycles. The monoisotopic (exact) mass is 333 g/mol. The molecule has 1 unspecified atom stereocenters. The van der Waals surface area contributed by atoms with Gasteiger partial charge in [0, 0.05) is 50.3 Å². The highest BCUT2D eigenvalue weighted by Gasteiger charge is 2.35. The van der Waals surface area contributed by atoms with Crippen LogP contribution in [0.15, 0.2) is 24.0 Å². The Bertz CT molecular complexity index is 575. The Kier molecular flexibility index (Phi) is 6.60. The van der Waals surface area contributed by atoms with E-state index in [4.69, 9.17) is 0 Å². The normalized spacial score (nSPS) is 20.9. The number of allylic oxidation sites excluding steroid dienone is 2. The molecule has 1 aromatic heterocycles. The number of aryl methyl sites for hydroxylation is 2. The minimum absolute atomic E-state index is 0.141. The topological polar surface area (TPSA) is 58.4 Å². The summed E-state index contributed by atoms with van der Waals surface area (Å²) in [4.78, 5) is 18.9. The van der Waals surface area contributed by atoms with Crippen LogP contribution in [0.2, 0.25) is 0 Å². The average Bonchev–Trinajstić information content (AvgIpc) is 3.05. The van der Waals surface area contributed by atoms with E-state index in [1.807, 2.05) is 11.1 Å². The number of nitrogens with zero attached hydrogens (tertiary/aromatic N) is 3. The van der Waals surface area contributed by atoms with E-state index in [1.165, 1.54) is 5.57 Å². The zero-order valence-corrected chi connectivity index (χ0v) is 15.3. The molecule has 0 radical (unpaired) electrons. The first-order valence-corrected chi connectivity index (χ1v) is 9.01. The van der Waals surface area contributed by atoms with Crippen LogP contribution in [0.1, 0.15) is 52.3 Å². The summed E-state index contributed by atoms with van der Waals surface area (Å²) in [6, 6.07) is 0. The van der Waals surface area contributed by atoms with Crippen molar-refractivity contribution >= 4 is 5.91 Å². The van der Waals surface area contributed by atoms with Crippen molar-refractivity contribution in [2.45, 2.75) is 59.4 Å². The molecule has 2 heterocycles. The predicted octanol–water partition coefficient (Wildman–Crippen LogP) is 2.79. The van der Waals surface area contributed by atoms with Crippen LogP contribution in [-0.4, -0.2) is 45.2 Å². The van der Waals surface area contributed by atoms with E-state index in [2.05, 4.69) is 36.4 Å². The lowest BCUT2D eigenvalue weighted by molar-refractivity contribution is -0.135. The number of rotatable bonds is 7. The van der Waals surface area contributed by atoms with Crippen LogP contribution in [-0.2, 0) is 17.8 Å². The van der Waals surface area contributed by atoms with Gasteiger partial charge in [-0.3, -0.25) is 4.79 Å². The van der Waals surface area contributed by atoms with Crippen LogP contribution in [0.25, 0.3) is 0 Å². The number of hydrogen-bond donors (Lipinski definition) is 1. The van der Waals surface area contributed by atoms with Gasteiger partial charge in [0.25, 0.3) is 0 Å². The van der Waals surface area contributed by atoms with Gasteiger partial charge in [-0.05, 0) is 33.1 Å². The smallest absolute Gasteiger partial charge is 0.224 e. The second-order valence-corrected chi connectivity index (χ2v) is 7.20. The van der Waals surface area contributed by atoms with E-state index < -0.39 is 0 Å². The van der Waals surface area contributed by atoms with Crippen molar-refractivity contribution in [1.82, 2.24) is 14.5 Å². The van der Waals surface area contributed by atoms with Crippen LogP contribution in [0.5, 0.6) is 0 Å². The van der Waals surface area contributed by atoms with Crippen LogP contribution in [0.4, 0.5) is 0 Å². The first-order valence-electron chi connectivity index (χ1n) is 9.01. The molecule has 0 spiro atoms. The van der Waals surface area contributed by atoms with Gasteiger partial charge in [-0.1, -0.05) is 18.6 Å². The van der Waals surface area contributed by atoms with Crippen molar-refractivity contribution in [3.05, 3.63) is 29.9 Å². The Hall–Kier alpha value is -1.62. The first kappa shape index (κ1) is 18.7. The predicted molar refractivity (Wildman–Crippen MR) is 95.6 cm³/mol. The standard InChI is InChI=1S/C19H31N3O2/c1-4-17-20-10-13-21(17)12-7-18(24)22-11-5-8-19(14-22,15-23)9-6-16(2)3/h6,10,13,23H,4-5,7-9,11-12,14-15H2,1-3H3. The number of hydrogen-bond acceptors (Lipinski definition) is 3. The Morgan fingerprint density at radius 1 is 1.46 bits per heavy atom. The van der Waals surface area contributed by atoms with Crippen molar-refractivity contribution in [3.8, 4) is 0 Å². The van der Waals surface area contributed by atoms with Crippen molar-refractivity contribution in [1.29, 1.82) is 0 Å². The van der Waals surface area contributed by atoms with Crippen LogP contribution < -0.4 is 0 Å². The summed E-state index contributed by atoms with van der Waals surface area (Å²) in [5, 5.41) is 9.92. The Morgan fingerprint density at radius 3 is 2.92 bits per heavy atom. The summed E-state index contributed by atoms with van der Waals surface area (Å²) >= 11 is 0. The molecule has 134 valence electrons. The number of aliphatic hydroxyl groups excluding tert-OH is 1. The van der Waals surface area contributed by atoms with Gasteiger partial charge in [0.1, 0.15) is 5.82 Å². The van der Waals surface area contributed by atoms with Gasteiger partial charge in [0.15, 0.2) is 0 Å². The fourth-order valence-electron chi connectivity index (χ4n) is 3.43. The van der Waals surface area contributed by atoms with Gasteiger partial charge in [-0.15, -0.1) is 0 Å². The maximum atomic E-state index is 12.6. The largest absolute Gasteiger partial charge is 0.396 e. The molecule has 1 aliphatic rings. The maximum Gasteiger partial charge on any atom is 0.224 e. The summed E-state index contributed by atoms with van der Waals surface area (Å²) in [6.45, 7) is 8.52. The molecule has 24 heavy (non-hydrogen) atoms. The minimum Gasteiger partial charge on any atom is -0.396 e. The lowest BCUT2D eigenvalue weighted by Crippen LogP contribution is -2.47. The van der Waals surface area contributed by atoms with E-state index in [9.17, 15) is 9.90 Å². The van der Waals surface area contributed by atoms with Gasteiger partial charge in [-0.2, -0.15) is 0 Å². The molecule has 0 aromatic carbocycles. The number of aromatic nitrogens is 2. The van der Waals surface area contributed by atoms with E-state index in [0.717, 1.165) is 38.1 Å². The van der Waals surface area contributed by atoms with E-state index in [1.54, 1.807) is 6.20 Å². The fourth-order valence-corrected chi connectivity index (χ4v) is 3.43. The summed E-state index contributed by atoms with van der Waals surface area (Å²) in [6.07, 6.45) is 10.1. The van der Waals surface area contributed by atoms with Crippen LogP contribution >= 0.6 is 0 Å². The molecule has 5 nitrogen and oxygen atoms in total. The van der Waals surface area contributed by atoms with Crippen molar-refractivity contribution in [3.63, 3.8) is 0 Å². The quantitative estimate of drug-likeness (QED) is 0.781.